The van der Waals surface area contributed by atoms with Gasteiger partial charge in [-0.25, -0.2) is 4.98 Å². The van der Waals surface area contributed by atoms with Gasteiger partial charge in [0.2, 0.25) is 5.95 Å². The van der Waals surface area contributed by atoms with Gasteiger partial charge in [-0.3, -0.25) is 4.79 Å². The number of aromatic nitrogens is 2. The van der Waals surface area contributed by atoms with Gasteiger partial charge in [-0.1, -0.05) is 32.0 Å². The van der Waals surface area contributed by atoms with Crippen LogP contribution in [0.1, 0.15) is 31.1 Å². The number of carbonyl (C=O) groups is 1. The van der Waals surface area contributed by atoms with Crippen LogP contribution in [0, 0.1) is 12.0 Å². The van der Waals surface area contributed by atoms with Gasteiger partial charge in [0.15, 0.2) is 0 Å². The molecule has 22 heavy (non-hydrogen) atoms. The summed E-state index contributed by atoms with van der Waals surface area (Å²) in [5.41, 5.74) is 6.40. The van der Waals surface area contributed by atoms with E-state index in [-0.39, 0.29) is 11.6 Å². The zero-order valence-corrected chi connectivity index (χ0v) is 12.9. The Kier molecular flexibility index (Phi) is 4.93. The van der Waals surface area contributed by atoms with E-state index in [1.807, 2.05) is 25.1 Å². The molecular weight excluding hydrogens is 278 g/mol. The van der Waals surface area contributed by atoms with Gasteiger partial charge in [-0.15, -0.1) is 0 Å². The largest absolute Gasteiger partial charge is 0.367 e. The first-order valence-corrected chi connectivity index (χ1v) is 7.14. The lowest BCUT2D eigenvalue weighted by Crippen LogP contribution is -2.25. The summed E-state index contributed by atoms with van der Waals surface area (Å²) in [6.45, 7) is 6.19. The molecule has 4 N–H and O–H groups in total. The topological polar surface area (TPSA) is 92.9 Å². The highest BCUT2D eigenvalue weighted by Gasteiger charge is 2.15. The first kappa shape index (κ1) is 15.8. The van der Waals surface area contributed by atoms with Crippen molar-refractivity contribution in [1.29, 1.82) is 0 Å². The van der Waals surface area contributed by atoms with Crippen LogP contribution in [-0.4, -0.2) is 21.9 Å². The van der Waals surface area contributed by atoms with Gasteiger partial charge in [0.1, 0.15) is 5.82 Å². The first-order valence-electron chi connectivity index (χ1n) is 7.14. The van der Waals surface area contributed by atoms with Crippen LogP contribution in [0.4, 0.5) is 17.5 Å². The zero-order chi connectivity index (χ0) is 16.1. The molecule has 0 fully saturated rings. The predicted octanol–water partition coefficient (Wildman–Crippen LogP) is 2.58. The number of hydrogen-bond donors (Lipinski definition) is 3. The Balaban J connectivity index is 2.28. The quantitative estimate of drug-likeness (QED) is 0.762. The maximum Gasteiger partial charge on any atom is 0.254 e. The standard InChI is InChI=1S/C16H20N5O/c1-10(2)11(3)19-15-13(14(17)22)9-18-16(21-15)20-12-7-5-4-6-8-12/h4-7,9-11H,1-3H3,(H2,17,22)(H2,18,19,20,21)/t11-/m1/s1. The van der Waals surface area contributed by atoms with Gasteiger partial charge in [0.05, 0.1) is 5.56 Å². The first-order chi connectivity index (χ1) is 10.5. The van der Waals surface area contributed by atoms with Gasteiger partial charge in [-0.2, -0.15) is 4.98 Å². The average molecular weight is 298 g/mol. The van der Waals surface area contributed by atoms with Crippen LogP contribution in [0.3, 0.4) is 0 Å². The molecule has 0 aliphatic carbocycles. The van der Waals surface area contributed by atoms with E-state index in [1.54, 1.807) is 6.07 Å². The Labute approximate surface area is 130 Å². The number of nitrogens with two attached hydrogens (primary N) is 1. The van der Waals surface area contributed by atoms with Gasteiger partial charge in [0.25, 0.3) is 5.91 Å². The second-order valence-electron chi connectivity index (χ2n) is 5.40. The van der Waals surface area contributed by atoms with E-state index < -0.39 is 5.91 Å². The Bertz CT molecular complexity index is 642. The molecular formula is C16H20N5O. The highest BCUT2D eigenvalue weighted by Crippen LogP contribution is 2.19. The highest BCUT2D eigenvalue weighted by molar-refractivity contribution is 5.97. The van der Waals surface area contributed by atoms with Crippen molar-refractivity contribution in [2.75, 3.05) is 10.6 Å². The summed E-state index contributed by atoms with van der Waals surface area (Å²) in [4.78, 5) is 20.0. The molecule has 0 aliphatic heterocycles. The lowest BCUT2D eigenvalue weighted by atomic mass is 10.1. The molecule has 6 nitrogen and oxygen atoms in total. The average Bonchev–Trinajstić information content (AvgIpc) is 2.48. The Hall–Kier alpha value is -2.63. The molecule has 115 valence electrons. The van der Waals surface area contributed by atoms with Gasteiger partial charge < -0.3 is 16.4 Å². The fraction of sp³-hybridized carbons (Fsp3) is 0.312. The van der Waals surface area contributed by atoms with Crippen LogP contribution in [-0.2, 0) is 0 Å². The van der Waals surface area contributed by atoms with E-state index >= 15 is 0 Å². The molecule has 1 aromatic heterocycles. The summed E-state index contributed by atoms with van der Waals surface area (Å²) in [5.74, 6) is 0.638. The molecule has 6 heteroatoms. The lowest BCUT2D eigenvalue weighted by molar-refractivity contribution is 0.100. The number of nitrogens with zero attached hydrogens (tertiary/aromatic N) is 2. The summed E-state index contributed by atoms with van der Waals surface area (Å²) in [6, 6.07) is 10.6. The second-order valence-corrected chi connectivity index (χ2v) is 5.40. The number of primary amides is 1. The molecule has 1 amide bonds. The summed E-state index contributed by atoms with van der Waals surface area (Å²) in [6.07, 6.45) is 1.43. The third kappa shape index (κ3) is 3.94. The summed E-state index contributed by atoms with van der Waals surface area (Å²) < 4.78 is 0. The third-order valence-corrected chi connectivity index (χ3v) is 3.37. The number of para-hydroxylation sites is 1. The molecule has 0 saturated heterocycles. The van der Waals surface area contributed by atoms with Crippen molar-refractivity contribution in [2.24, 2.45) is 11.7 Å². The SMILES string of the molecule is CC(C)[C@@H](C)Nc1nc(Nc2[c]cccc2)ncc1C(N)=O. The third-order valence-electron chi connectivity index (χ3n) is 3.37. The highest BCUT2D eigenvalue weighted by atomic mass is 16.1. The number of carbonyl (C=O) groups excluding carboxylic acids is 1. The van der Waals surface area contributed by atoms with Crippen LogP contribution in [0.5, 0.6) is 0 Å². The van der Waals surface area contributed by atoms with Crippen LogP contribution in [0.25, 0.3) is 0 Å². The van der Waals surface area contributed by atoms with Crippen LogP contribution in [0.15, 0.2) is 30.5 Å². The van der Waals surface area contributed by atoms with Crippen molar-refractivity contribution in [1.82, 2.24) is 9.97 Å². The molecule has 1 aromatic carbocycles. The number of amides is 1. The predicted molar refractivity (Wildman–Crippen MR) is 87.0 cm³/mol. The van der Waals surface area contributed by atoms with Gasteiger partial charge in [0, 0.05) is 24.0 Å². The summed E-state index contributed by atoms with van der Waals surface area (Å²) in [7, 11) is 0. The number of hydrogen-bond acceptors (Lipinski definition) is 5. The van der Waals surface area contributed by atoms with E-state index in [0.29, 0.717) is 17.7 Å². The molecule has 1 heterocycles. The van der Waals surface area contributed by atoms with Crippen molar-refractivity contribution in [3.63, 3.8) is 0 Å². The maximum absolute atomic E-state index is 11.5. The number of benzene rings is 1. The van der Waals surface area contributed by atoms with Crippen molar-refractivity contribution in [2.45, 2.75) is 26.8 Å². The molecule has 0 bridgehead atoms. The number of rotatable bonds is 6. The molecule has 2 aromatic rings. The van der Waals surface area contributed by atoms with E-state index in [2.05, 4.69) is 40.5 Å². The molecule has 0 spiro atoms. The molecule has 1 atom stereocenters. The van der Waals surface area contributed by atoms with Crippen molar-refractivity contribution < 1.29 is 4.79 Å². The fourth-order valence-electron chi connectivity index (χ4n) is 1.71. The van der Waals surface area contributed by atoms with Crippen molar-refractivity contribution in [3.05, 3.63) is 42.1 Å². The minimum absolute atomic E-state index is 0.143. The molecule has 0 saturated carbocycles. The minimum atomic E-state index is -0.559. The zero-order valence-electron chi connectivity index (χ0n) is 12.9. The van der Waals surface area contributed by atoms with Crippen molar-refractivity contribution >= 4 is 23.4 Å². The van der Waals surface area contributed by atoms with Crippen LogP contribution < -0.4 is 16.4 Å². The van der Waals surface area contributed by atoms with E-state index in [4.69, 9.17) is 5.73 Å². The molecule has 0 unspecified atom stereocenters. The van der Waals surface area contributed by atoms with Crippen LogP contribution in [0.2, 0.25) is 0 Å². The molecule has 2 rings (SSSR count). The summed E-state index contributed by atoms with van der Waals surface area (Å²) >= 11 is 0. The summed E-state index contributed by atoms with van der Waals surface area (Å²) in [5, 5.41) is 6.26. The van der Waals surface area contributed by atoms with Gasteiger partial charge in [-0.05, 0) is 18.9 Å². The Morgan fingerprint density at radius 1 is 1.32 bits per heavy atom. The fourth-order valence-corrected chi connectivity index (χ4v) is 1.71. The molecule has 0 aliphatic rings. The van der Waals surface area contributed by atoms with E-state index in [9.17, 15) is 4.79 Å². The van der Waals surface area contributed by atoms with Gasteiger partial charge >= 0.3 is 0 Å². The minimum Gasteiger partial charge on any atom is -0.367 e. The smallest absolute Gasteiger partial charge is 0.254 e. The Morgan fingerprint density at radius 3 is 2.68 bits per heavy atom. The van der Waals surface area contributed by atoms with E-state index in [0.717, 1.165) is 5.69 Å². The number of nitrogens with one attached hydrogen (secondary N) is 2. The normalized spacial score (nSPS) is 12.0. The van der Waals surface area contributed by atoms with Crippen LogP contribution >= 0.6 is 0 Å². The van der Waals surface area contributed by atoms with Crippen molar-refractivity contribution in [3.8, 4) is 0 Å². The lowest BCUT2D eigenvalue weighted by Gasteiger charge is -2.19. The maximum atomic E-state index is 11.5. The van der Waals surface area contributed by atoms with E-state index in [1.165, 1.54) is 6.20 Å². The number of anilines is 3. The molecule has 1 radical (unpaired) electrons. The second kappa shape index (κ2) is 6.89. The Morgan fingerprint density at radius 2 is 2.09 bits per heavy atom. The monoisotopic (exact) mass is 298 g/mol.